The Kier molecular flexibility index (Phi) is 6.27. The number of hydrogen-bond acceptors (Lipinski definition) is 4. The Labute approximate surface area is 166 Å². The number of carbonyl (C=O) groups is 1. The predicted molar refractivity (Wildman–Crippen MR) is 117 cm³/mol. The second-order valence-corrected chi connectivity index (χ2v) is 6.55. The molecule has 0 unspecified atom stereocenters. The van der Waals surface area contributed by atoms with Gasteiger partial charge < -0.3 is 15.5 Å². The van der Waals surface area contributed by atoms with Gasteiger partial charge in [-0.15, -0.1) is 0 Å². The van der Waals surface area contributed by atoms with Gasteiger partial charge in [-0.25, -0.2) is 4.98 Å². The van der Waals surface area contributed by atoms with Gasteiger partial charge in [0.15, 0.2) is 0 Å². The Morgan fingerprint density at radius 3 is 2.21 bits per heavy atom. The minimum absolute atomic E-state index is 0.132. The van der Waals surface area contributed by atoms with Crippen LogP contribution in [0.15, 0.2) is 66.9 Å². The zero-order chi connectivity index (χ0) is 19.9. The van der Waals surface area contributed by atoms with Crippen LogP contribution >= 0.6 is 0 Å². The molecule has 3 aromatic rings. The van der Waals surface area contributed by atoms with Crippen molar-refractivity contribution in [2.24, 2.45) is 0 Å². The Bertz CT molecular complexity index is 916. The average Bonchev–Trinajstić information content (AvgIpc) is 2.72. The normalized spacial score (nSPS) is 10.4. The van der Waals surface area contributed by atoms with Crippen LogP contribution in [0.25, 0.3) is 0 Å². The maximum Gasteiger partial charge on any atom is 0.255 e. The van der Waals surface area contributed by atoms with Crippen LogP contribution < -0.4 is 15.5 Å². The minimum atomic E-state index is -0.132. The van der Waals surface area contributed by atoms with Gasteiger partial charge in [0.2, 0.25) is 0 Å². The van der Waals surface area contributed by atoms with Crippen molar-refractivity contribution < 1.29 is 4.79 Å². The van der Waals surface area contributed by atoms with Gasteiger partial charge in [0, 0.05) is 30.0 Å². The lowest BCUT2D eigenvalue weighted by Gasteiger charge is -2.21. The summed E-state index contributed by atoms with van der Waals surface area (Å²) in [7, 11) is 0. The van der Waals surface area contributed by atoms with Gasteiger partial charge in [-0.05, 0) is 68.8 Å². The molecule has 1 amide bonds. The molecular formula is C23H26N4O. The highest BCUT2D eigenvalue weighted by Crippen LogP contribution is 2.21. The number of amides is 1. The summed E-state index contributed by atoms with van der Waals surface area (Å²) in [6.07, 6.45) is 1.66. The highest BCUT2D eigenvalue weighted by Gasteiger charge is 2.09. The van der Waals surface area contributed by atoms with Crippen molar-refractivity contribution in [3.8, 4) is 0 Å². The van der Waals surface area contributed by atoms with Crippen LogP contribution in [-0.2, 0) is 0 Å². The van der Waals surface area contributed by atoms with E-state index in [9.17, 15) is 4.79 Å². The Morgan fingerprint density at radius 2 is 1.61 bits per heavy atom. The fraction of sp³-hybridized carbons (Fsp3) is 0.217. The number of anilines is 4. The first kappa shape index (κ1) is 19.4. The third-order valence-electron chi connectivity index (χ3n) is 4.68. The largest absolute Gasteiger partial charge is 0.372 e. The maximum atomic E-state index is 12.4. The van der Waals surface area contributed by atoms with E-state index in [4.69, 9.17) is 0 Å². The molecule has 0 bridgehead atoms. The molecule has 28 heavy (non-hydrogen) atoms. The van der Waals surface area contributed by atoms with E-state index in [2.05, 4.69) is 46.5 Å². The van der Waals surface area contributed by atoms with Crippen molar-refractivity contribution >= 4 is 28.8 Å². The molecule has 5 nitrogen and oxygen atoms in total. The second kappa shape index (κ2) is 9.04. The van der Waals surface area contributed by atoms with Crippen molar-refractivity contribution in [2.75, 3.05) is 28.6 Å². The van der Waals surface area contributed by atoms with Gasteiger partial charge in [0.05, 0.1) is 11.9 Å². The number of benzene rings is 2. The first-order valence-corrected chi connectivity index (χ1v) is 9.55. The summed E-state index contributed by atoms with van der Waals surface area (Å²) in [5, 5.41) is 6.17. The molecule has 2 aromatic carbocycles. The van der Waals surface area contributed by atoms with Gasteiger partial charge in [0.1, 0.15) is 5.82 Å². The van der Waals surface area contributed by atoms with Crippen molar-refractivity contribution in [2.45, 2.75) is 20.8 Å². The number of hydrogen-bond donors (Lipinski definition) is 2. The summed E-state index contributed by atoms with van der Waals surface area (Å²) in [6, 6.07) is 19.5. The summed E-state index contributed by atoms with van der Waals surface area (Å²) >= 11 is 0. The van der Waals surface area contributed by atoms with Crippen LogP contribution in [0.5, 0.6) is 0 Å². The molecule has 0 aliphatic heterocycles. The molecule has 5 heteroatoms. The lowest BCUT2D eigenvalue weighted by molar-refractivity contribution is 0.102. The Morgan fingerprint density at radius 1 is 0.929 bits per heavy atom. The second-order valence-electron chi connectivity index (χ2n) is 6.55. The summed E-state index contributed by atoms with van der Waals surface area (Å²) in [5.74, 6) is 0.595. The predicted octanol–water partition coefficient (Wildman–Crippen LogP) is 5.23. The monoisotopic (exact) mass is 374 g/mol. The van der Waals surface area contributed by atoms with Crippen LogP contribution in [0.2, 0.25) is 0 Å². The van der Waals surface area contributed by atoms with E-state index in [1.165, 1.54) is 5.69 Å². The zero-order valence-electron chi connectivity index (χ0n) is 16.6. The van der Waals surface area contributed by atoms with E-state index in [0.29, 0.717) is 11.3 Å². The van der Waals surface area contributed by atoms with Crippen molar-refractivity contribution in [3.05, 3.63) is 78.0 Å². The van der Waals surface area contributed by atoms with Gasteiger partial charge >= 0.3 is 0 Å². The standard InChI is InChI=1S/C23H26N4O/c1-4-27(5-2)20-13-10-18(11-14-20)25-22-15-12-19(16-24-22)26-23(28)21-9-7-6-8-17(21)3/h6-16H,4-5H2,1-3H3,(H,24,25)(H,26,28). The van der Waals surface area contributed by atoms with E-state index in [1.54, 1.807) is 6.20 Å². The van der Waals surface area contributed by atoms with Gasteiger partial charge in [-0.3, -0.25) is 4.79 Å². The van der Waals surface area contributed by atoms with Crippen molar-refractivity contribution in [3.63, 3.8) is 0 Å². The fourth-order valence-corrected chi connectivity index (χ4v) is 3.06. The molecule has 0 saturated heterocycles. The highest BCUT2D eigenvalue weighted by molar-refractivity contribution is 6.05. The molecule has 1 aromatic heterocycles. The molecule has 144 valence electrons. The fourth-order valence-electron chi connectivity index (χ4n) is 3.06. The molecule has 0 saturated carbocycles. The minimum Gasteiger partial charge on any atom is -0.372 e. The van der Waals surface area contributed by atoms with E-state index in [0.717, 1.165) is 30.2 Å². The molecule has 0 fully saturated rings. The summed E-state index contributed by atoms with van der Waals surface area (Å²) in [6.45, 7) is 8.20. The maximum absolute atomic E-state index is 12.4. The van der Waals surface area contributed by atoms with Gasteiger partial charge in [-0.2, -0.15) is 0 Å². The van der Waals surface area contributed by atoms with E-state index >= 15 is 0 Å². The lowest BCUT2D eigenvalue weighted by atomic mass is 10.1. The number of rotatable bonds is 7. The Balaban J connectivity index is 1.63. The summed E-state index contributed by atoms with van der Waals surface area (Å²) in [5.41, 5.74) is 4.45. The molecule has 1 heterocycles. The smallest absolute Gasteiger partial charge is 0.255 e. The van der Waals surface area contributed by atoms with Crippen molar-refractivity contribution in [1.29, 1.82) is 0 Å². The number of nitrogens with zero attached hydrogens (tertiary/aromatic N) is 2. The number of carbonyl (C=O) groups excluding carboxylic acids is 1. The topological polar surface area (TPSA) is 57.3 Å². The lowest BCUT2D eigenvalue weighted by Crippen LogP contribution is -2.21. The Hall–Kier alpha value is -3.34. The molecule has 0 atom stereocenters. The van der Waals surface area contributed by atoms with E-state index in [1.807, 2.05) is 55.5 Å². The van der Waals surface area contributed by atoms with Crippen LogP contribution in [-0.4, -0.2) is 24.0 Å². The van der Waals surface area contributed by atoms with E-state index in [-0.39, 0.29) is 5.91 Å². The van der Waals surface area contributed by atoms with Crippen molar-refractivity contribution in [1.82, 2.24) is 4.98 Å². The third-order valence-corrected chi connectivity index (χ3v) is 4.68. The molecule has 0 spiro atoms. The number of pyridine rings is 1. The van der Waals surface area contributed by atoms with E-state index < -0.39 is 0 Å². The number of nitrogens with one attached hydrogen (secondary N) is 2. The summed E-state index contributed by atoms with van der Waals surface area (Å²) < 4.78 is 0. The molecular weight excluding hydrogens is 348 g/mol. The zero-order valence-corrected chi connectivity index (χ0v) is 16.6. The highest BCUT2D eigenvalue weighted by atomic mass is 16.1. The molecule has 0 radical (unpaired) electrons. The van der Waals surface area contributed by atoms with Gasteiger partial charge in [0.25, 0.3) is 5.91 Å². The molecule has 0 aliphatic rings. The molecule has 3 rings (SSSR count). The summed E-state index contributed by atoms with van der Waals surface area (Å²) in [4.78, 5) is 19.1. The van der Waals surface area contributed by atoms with Gasteiger partial charge in [-0.1, -0.05) is 18.2 Å². The quantitative estimate of drug-likeness (QED) is 0.594. The first-order chi connectivity index (χ1) is 13.6. The molecule has 0 aliphatic carbocycles. The average molecular weight is 374 g/mol. The van der Waals surface area contributed by atoms with Crippen LogP contribution in [0.3, 0.4) is 0 Å². The number of aromatic nitrogens is 1. The first-order valence-electron chi connectivity index (χ1n) is 9.55. The van der Waals surface area contributed by atoms with Crippen LogP contribution in [0.1, 0.15) is 29.8 Å². The van der Waals surface area contributed by atoms with Crippen LogP contribution in [0.4, 0.5) is 22.9 Å². The molecule has 2 N–H and O–H groups in total. The third kappa shape index (κ3) is 4.68. The van der Waals surface area contributed by atoms with Crippen LogP contribution in [0, 0.1) is 6.92 Å². The number of aryl methyl sites for hydroxylation is 1. The SMILES string of the molecule is CCN(CC)c1ccc(Nc2ccc(NC(=O)c3ccccc3C)cn2)cc1.